The fraction of sp³-hybridized carbons (Fsp3) is 0.500. The number of carbonyl (C=O) groups is 1. The molecule has 17 heavy (non-hydrogen) atoms. The van der Waals surface area contributed by atoms with Crippen LogP contribution in [0.5, 0.6) is 0 Å². The first-order chi connectivity index (χ1) is 8.27. The summed E-state index contributed by atoms with van der Waals surface area (Å²) in [4.78, 5) is 11.9. The van der Waals surface area contributed by atoms with Gasteiger partial charge in [-0.2, -0.15) is 0 Å². The summed E-state index contributed by atoms with van der Waals surface area (Å²) >= 11 is 0. The molecule has 2 unspecified atom stereocenters. The minimum absolute atomic E-state index is 0.0780. The van der Waals surface area contributed by atoms with Crippen LogP contribution in [0.2, 0.25) is 0 Å². The topological polar surface area (TPSA) is 52.3 Å². The van der Waals surface area contributed by atoms with E-state index in [1.807, 2.05) is 18.2 Å². The molecule has 0 saturated carbocycles. The Balaban J connectivity index is 1.73. The van der Waals surface area contributed by atoms with E-state index in [1.54, 1.807) is 0 Å². The van der Waals surface area contributed by atoms with Gasteiger partial charge < -0.3 is 10.5 Å². The lowest BCUT2D eigenvalue weighted by Gasteiger charge is -2.11. The molecule has 0 aliphatic carbocycles. The molecule has 1 fully saturated rings. The molecule has 3 heteroatoms. The third-order valence-corrected chi connectivity index (χ3v) is 3.27. The van der Waals surface area contributed by atoms with Crippen molar-refractivity contribution in [3.63, 3.8) is 0 Å². The van der Waals surface area contributed by atoms with E-state index in [0.717, 1.165) is 12.8 Å². The van der Waals surface area contributed by atoms with Crippen LogP contribution in [0.3, 0.4) is 0 Å². The second-order valence-electron chi connectivity index (χ2n) is 4.61. The summed E-state index contributed by atoms with van der Waals surface area (Å²) in [6.45, 7) is 1.03. The van der Waals surface area contributed by atoms with Gasteiger partial charge in [0, 0.05) is 12.5 Å². The van der Waals surface area contributed by atoms with Crippen molar-refractivity contribution in [1.29, 1.82) is 0 Å². The normalized spacial score (nSPS) is 23.8. The van der Waals surface area contributed by atoms with Gasteiger partial charge in [-0.3, -0.25) is 4.79 Å². The van der Waals surface area contributed by atoms with E-state index in [2.05, 4.69) is 12.1 Å². The Hall–Kier alpha value is -1.19. The number of nitrogens with two attached hydrogens (primary N) is 1. The number of aryl methyl sites for hydroxylation is 1. The predicted molar refractivity (Wildman–Crippen MR) is 66.7 cm³/mol. The summed E-state index contributed by atoms with van der Waals surface area (Å²) < 4.78 is 5.21. The highest BCUT2D eigenvalue weighted by molar-refractivity contribution is 5.82. The molecule has 1 heterocycles. The van der Waals surface area contributed by atoms with Gasteiger partial charge in [0.25, 0.3) is 0 Å². The Morgan fingerprint density at radius 1 is 1.29 bits per heavy atom. The van der Waals surface area contributed by atoms with Crippen LogP contribution in [-0.4, -0.2) is 25.0 Å². The zero-order chi connectivity index (χ0) is 12.1. The van der Waals surface area contributed by atoms with Crippen LogP contribution < -0.4 is 5.73 Å². The van der Waals surface area contributed by atoms with Gasteiger partial charge in [-0.05, 0) is 18.4 Å². The molecule has 3 nitrogen and oxygen atoms in total. The summed E-state index contributed by atoms with van der Waals surface area (Å²) in [6, 6.07) is 10.1. The van der Waals surface area contributed by atoms with Gasteiger partial charge in [-0.15, -0.1) is 0 Å². The largest absolute Gasteiger partial charge is 0.379 e. The minimum Gasteiger partial charge on any atom is -0.379 e. The monoisotopic (exact) mass is 233 g/mol. The van der Waals surface area contributed by atoms with Crippen molar-refractivity contribution in [3.05, 3.63) is 35.9 Å². The van der Waals surface area contributed by atoms with Crippen molar-refractivity contribution in [1.82, 2.24) is 0 Å². The van der Waals surface area contributed by atoms with Gasteiger partial charge >= 0.3 is 0 Å². The number of rotatable bonds is 5. The van der Waals surface area contributed by atoms with E-state index in [4.69, 9.17) is 10.5 Å². The quantitative estimate of drug-likeness (QED) is 0.839. The number of ether oxygens (including phenoxy) is 1. The van der Waals surface area contributed by atoms with Crippen molar-refractivity contribution < 1.29 is 9.53 Å². The molecule has 0 aromatic heterocycles. The highest BCUT2D eigenvalue weighted by Crippen LogP contribution is 2.16. The Kier molecular flexibility index (Phi) is 4.29. The number of ketones is 1. The zero-order valence-electron chi connectivity index (χ0n) is 9.97. The average molecular weight is 233 g/mol. The molecule has 1 aromatic carbocycles. The third-order valence-electron chi connectivity index (χ3n) is 3.27. The lowest BCUT2D eigenvalue weighted by atomic mass is 9.95. The maximum atomic E-state index is 11.9. The highest BCUT2D eigenvalue weighted by Gasteiger charge is 2.30. The maximum Gasteiger partial charge on any atom is 0.139 e. The Morgan fingerprint density at radius 2 is 2.06 bits per heavy atom. The van der Waals surface area contributed by atoms with E-state index < -0.39 is 0 Å². The molecule has 1 saturated heterocycles. The van der Waals surface area contributed by atoms with E-state index >= 15 is 0 Å². The first-order valence-electron chi connectivity index (χ1n) is 6.17. The molecule has 1 aromatic rings. The van der Waals surface area contributed by atoms with Gasteiger partial charge in [-0.1, -0.05) is 30.3 Å². The van der Waals surface area contributed by atoms with Gasteiger partial charge in [0.15, 0.2) is 0 Å². The van der Waals surface area contributed by atoms with Crippen LogP contribution in [0, 0.1) is 5.92 Å². The molecule has 0 amide bonds. The summed E-state index contributed by atoms with van der Waals surface area (Å²) in [6.07, 6.45) is 2.46. The van der Waals surface area contributed by atoms with Crippen molar-refractivity contribution in [2.75, 3.05) is 13.2 Å². The number of benzene rings is 1. The van der Waals surface area contributed by atoms with Crippen molar-refractivity contribution in [2.45, 2.75) is 25.3 Å². The minimum atomic E-state index is -0.0979. The van der Waals surface area contributed by atoms with Crippen molar-refractivity contribution in [3.8, 4) is 0 Å². The van der Waals surface area contributed by atoms with Gasteiger partial charge in [0.2, 0.25) is 0 Å². The fourth-order valence-electron chi connectivity index (χ4n) is 2.20. The molecular formula is C14H19NO2. The first kappa shape index (κ1) is 12.3. The van der Waals surface area contributed by atoms with E-state index in [0.29, 0.717) is 19.6 Å². The lowest BCUT2D eigenvalue weighted by molar-refractivity contribution is -0.123. The number of hydrogen-bond acceptors (Lipinski definition) is 3. The summed E-state index contributed by atoms with van der Waals surface area (Å²) in [7, 11) is 0. The second kappa shape index (κ2) is 5.94. The SMILES string of the molecule is NC1COCC1C(=O)CCCc1ccccc1. The van der Waals surface area contributed by atoms with E-state index in [1.165, 1.54) is 5.56 Å². The highest BCUT2D eigenvalue weighted by atomic mass is 16.5. The Bertz CT molecular complexity index is 364. The van der Waals surface area contributed by atoms with Gasteiger partial charge in [-0.25, -0.2) is 0 Å². The molecule has 0 spiro atoms. The average Bonchev–Trinajstić information content (AvgIpc) is 2.77. The van der Waals surface area contributed by atoms with E-state index in [-0.39, 0.29) is 17.7 Å². The standard InChI is InChI=1S/C14H19NO2/c15-13-10-17-9-12(13)14(16)8-4-7-11-5-2-1-3-6-11/h1-3,5-6,12-13H,4,7-10,15H2. The lowest BCUT2D eigenvalue weighted by Crippen LogP contribution is -2.34. The first-order valence-corrected chi connectivity index (χ1v) is 6.17. The summed E-state index contributed by atoms with van der Waals surface area (Å²) in [5.74, 6) is 0.178. The van der Waals surface area contributed by atoms with Crippen LogP contribution in [0.25, 0.3) is 0 Å². The molecule has 92 valence electrons. The summed E-state index contributed by atoms with van der Waals surface area (Å²) in [5.41, 5.74) is 7.10. The van der Waals surface area contributed by atoms with Crippen LogP contribution >= 0.6 is 0 Å². The predicted octanol–water partition coefficient (Wildman–Crippen LogP) is 1.55. The fourth-order valence-corrected chi connectivity index (χ4v) is 2.20. The van der Waals surface area contributed by atoms with Crippen LogP contribution in [-0.2, 0) is 16.0 Å². The molecule has 2 rings (SSSR count). The molecule has 2 N–H and O–H groups in total. The van der Waals surface area contributed by atoms with Crippen LogP contribution in [0.4, 0.5) is 0 Å². The molecule has 0 radical (unpaired) electrons. The summed E-state index contributed by atoms with van der Waals surface area (Å²) in [5, 5.41) is 0. The number of hydrogen-bond donors (Lipinski definition) is 1. The molecule has 2 atom stereocenters. The van der Waals surface area contributed by atoms with E-state index in [9.17, 15) is 4.79 Å². The molecule has 1 aliphatic rings. The molecule has 1 aliphatic heterocycles. The smallest absolute Gasteiger partial charge is 0.139 e. The van der Waals surface area contributed by atoms with Gasteiger partial charge in [0.05, 0.1) is 19.1 Å². The zero-order valence-corrected chi connectivity index (χ0v) is 9.97. The third kappa shape index (κ3) is 3.38. The number of carbonyl (C=O) groups excluding carboxylic acids is 1. The molecular weight excluding hydrogens is 214 g/mol. The Labute approximate surface area is 102 Å². The Morgan fingerprint density at radius 3 is 2.71 bits per heavy atom. The van der Waals surface area contributed by atoms with Crippen LogP contribution in [0.15, 0.2) is 30.3 Å². The van der Waals surface area contributed by atoms with Crippen LogP contribution in [0.1, 0.15) is 18.4 Å². The van der Waals surface area contributed by atoms with Crippen molar-refractivity contribution in [2.24, 2.45) is 11.7 Å². The molecule has 0 bridgehead atoms. The maximum absolute atomic E-state index is 11.9. The van der Waals surface area contributed by atoms with Crippen molar-refractivity contribution >= 4 is 5.78 Å². The van der Waals surface area contributed by atoms with Gasteiger partial charge in [0.1, 0.15) is 5.78 Å². The number of Topliss-reactive ketones (excluding diaryl/α,β-unsaturated/α-hetero) is 1. The second-order valence-corrected chi connectivity index (χ2v) is 4.61.